The molecule has 0 saturated heterocycles. The zero-order chi connectivity index (χ0) is 16.7. The molecular weight excluding hydrogens is 282 g/mol. The molecule has 0 saturated carbocycles. The van der Waals surface area contributed by atoms with Crippen molar-refractivity contribution in [3.8, 4) is 0 Å². The smallest absolute Gasteiger partial charge is 0.0743 e. The summed E-state index contributed by atoms with van der Waals surface area (Å²) in [6.07, 6.45) is 5.30. The SMILES string of the molecule is Cc1cccc(C)c1N=CC=NCC=Nc1c(C)cccc1C. The lowest BCUT2D eigenvalue weighted by Crippen LogP contribution is -1.86. The Kier molecular flexibility index (Phi) is 5.98. The zero-order valence-electron chi connectivity index (χ0n) is 14.2. The summed E-state index contributed by atoms with van der Waals surface area (Å²) in [5.74, 6) is 0. The molecule has 0 aliphatic heterocycles. The van der Waals surface area contributed by atoms with Crippen LogP contribution in [0.15, 0.2) is 51.4 Å². The number of aliphatic imine (C=N–C) groups is 3. The maximum absolute atomic E-state index is 4.51. The van der Waals surface area contributed by atoms with Gasteiger partial charge in [-0.25, -0.2) is 0 Å². The predicted octanol–water partition coefficient (Wildman–Crippen LogP) is 5.10. The molecule has 0 bridgehead atoms. The largest absolute Gasteiger partial charge is 0.286 e. The van der Waals surface area contributed by atoms with Crippen LogP contribution in [-0.4, -0.2) is 25.2 Å². The van der Waals surface area contributed by atoms with E-state index in [0.29, 0.717) is 6.54 Å². The Morgan fingerprint density at radius 1 is 0.696 bits per heavy atom. The van der Waals surface area contributed by atoms with Crippen LogP contribution >= 0.6 is 0 Å². The molecule has 0 amide bonds. The van der Waals surface area contributed by atoms with Crippen molar-refractivity contribution < 1.29 is 0 Å². The van der Waals surface area contributed by atoms with Crippen LogP contribution in [0, 0.1) is 27.7 Å². The summed E-state index contributed by atoms with van der Waals surface area (Å²) < 4.78 is 0. The van der Waals surface area contributed by atoms with E-state index in [-0.39, 0.29) is 0 Å². The normalized spacial score (nSPS) is 12.0. The first-order valence-corrected chi connectivity index (χ1v) is 7.77. The van der Waals surface area contributed by atoms with E-state index in [2.05, 4.69) is 66.9 Å². The first-order chi connectivity index (χ1) is 11.1. The topological polar surface area (TPSA) is 37.1 Å². The van der Waals surface area contributed by atoms with Crippen molar-refractivity contribution in [2.45, 2.75) is 27.7 Å². The molecule has 2 aromatic carbocycles. The molecule has 118 valence electrons. The van der Waals surface area contributed by atoms with Gasteiger partial charge in [-0.15, -0.1) is 0 Å². The first kappa shape index (κ1) is 16.8. The molecule has 0 radical (unpaired) electrons. The number of aryl methyl sites for hydroxylation is 4. The van der Waals surface area contributed by atoms with E-state index >= 15 is 0 Å². The van der Waals surface area contributed by atoms with Gasteiger partial charge < -0.3 is 0 Å². The Labute approximate surface area is 138 Å². The van der Waals surface area contributed by atoms with Gasteiger partial charge in [-0.1, -0.05) is 36.4 Å². The van der Waals surface area contributed by atoms with Crippen LogP contribution in [0.1, 0.15) is 22.3 Å². The minimum Gasteiger partial charge on any atom is -0.286 e. The summed E-state index contributed by atoms with van der Waals surface area (Å²) in [6, 6.07) is 12.4. The minimum absolute atomic E-state index is 0.548. The fourth-order valence-electron chi connectivity index (χ4n) is 2.41. The van der Waals surface area contributed by atoms with E-state index in [1.165, 1.54) is 22.3 Å². The molecule has 0 unspecified atom stereocenters. The van der Waals surface area contributed by atoms with Gasteiger partial charge in [-0.05, 0) is 49.9 Å². The summed E-state index contributed by atoms with van der Waals surface area (Å²) >= 11 is 0. The molecule has 23 heavy (non-hydrogen) atoms. The second kappa shape index (κ2) is 8.18. The molecule has 3 nitrogen and oxygen atoms in total. The molecule has 2 aromatic rings. The molecule has 0 heterocycles. The number of hydrogen-bond donors (Lipinski definition) is 0. The van der Waals surface area contributed by atoms with Crippen molar-refractivity contribution in [1.29, 1.82) is 0 Å². The highest BCUT2D eigenvalue weighted by Gasteiger charge is 1.98. The number of hydrogen-bond acceptors (Lipinski definition) is 3. The Morgan fingerprint density at radius 2 is 1.17 bits per heavy atom. The molecule has 3 heteroatoms. The molecule has 0 atom stereocenters. The van der Waals surface area contributed by atoms with Crippen LogP contribution in [0.4, 0.5) is 11.4 Å². The third kappa shape index (κ3) is 4.71. The molecule has 0 N–H and O–H groups in total. The van der Waals surface area contributed by atoms with E-state index in [4.69, 9.17) is 0 Å². The van der Waals surface area contributed by atoms with Crippen molar-refractivity contribution in [2.24, 2.45) is 15.0 Å². The molecule has 0 aliphatic rings. The third-order valence-corrected chi connectivity index (χ3v) is 3.66. The zero-order valence-corrected chi connectivity index (χ0v) is 14.2. The number of rotatable bonds is 5. The van der Waals surface area contributed by atoms with Crippen LogP contribution < -0.4 is 0 Å². The molecule has 0 fully saturated rings. The summed E-state index contributed by atoms with van der Waals surface area (Å²) in [4.78, 5) is 13.3. The lowest BCUT2D eigenvalue weighted by molar-refractivity contribution is 1.29. The number of para-hydroxylation sites is 2. The average molecular weight is 305 g/mol. The summed E-state index contributed by atoms with van der Waals surface area (Å²) in [5.41, 5.74) is 6.76. The second-order valence-corrected chi connectivity index (χ2v) is 5.58. The van der Waals surface area contributed by atoms with Crippen molar-refractivity contribution in [3.05, 3.63) is 58.7 Å². The fourth-order valence-corrected chi connectivity index (χ4v) is 2.41. The molecule has 2 rings (SSSR count). The molecule has 0 aliphatic carbocycles. The van der Waals surface area contributed by atoms with E-state index < -0.39 is 0 Å². The van der Waals surface area contributed by atoms with Gasteiger partial charge in [-0.2, -0.15) is 0 Å². The molecule has 0 aromatic heterocycles. The second-order valence-electron chi connectivity index (χ2n) is 5.58. The van der Waals surface area contributed by atoms with E-state index in [1.807, 2.05) is 18.3 Å². The van der Waals surface area contributed by atoms with E-state index in [9.17, 15) is 0 Å². The van der Waals surface area contributed by atoms with Crippen molar-refractivity contribution in [3.63, 3.8) is 0 Å². The minimum atomic E-state index is 0.548. The highest BCUT2D eigenvalue weighted by molar-refractivity contribution is 6.17. The number of nitrogens with zero attached hydrogens (tertiary/aromatic N) is 3. The lowest BCUT2D eigenvalue weighted by atomic mass is 10.1. The highest BCUT2D eigenvalue weighted by atomic mass is 14.8. The van der Waals surface area contributed by atoms with Crippen molar-refractivity contribution in [1.82, 2.24) is 0 Å². The van der Waals surface area contributed by atoms with Gasteiger partial charge in [0.15, 0.2) is 0 Å². The summed E-state index contributed by atoms with van der Waals surface area (Å²) in [5, 5.41) is 0. The van der Waals surface area contributed by atoms with Crippen LogP contribution in [0.2, 0.25) is 0 Å². The molecule has 0 spiro atoms. The van der Waals surface area contributed by atoms with E-state index in [1.54, 1.807) is 12.4 Å². The number of benzene rings is 2. The highest BCUT2D eigenvalue weighted by Crippen LogP contribution is 2.22. The Hall–Kier alpha value is -2.55. The summed E-state index contributed by atoms with van der Waals surface area (Å²) in [7, 11) is 0. The standard InChI is InChI=1S/C20H23N3/c1-15-7-5-8-16(2)19(15)22-13-11-21-12-14-23-20-17(3)9-6-10-18(20)4/h5-11,13-14H,12H2,1-4H3. The Morgan fingerprint density at radius 3 is 1.70 bits per heavy atom. The molecular formula is C20H23N3. The van der Waals surface area contributed by atoms with Gasteiger partial charge in [0.2, 0.25) is 0 Å². The quantitative estimate of drug-likeness (QED) is 0.690. The maximum atomic E-state index is 4.51. The Bertz CT molecular complexity index is 715. The van der Waals surface area contributed by atoms with Crippen LogP contribution in [0.3, 0.4) is 0 Å². The van der Waals surface area contributed by atoms with Gasteiger partial charge in [0.25, 0.3) is 0 Å². The Balaban J connectivity index is 1.93. The first-order valence-electron chi connectivity index (χ1n) is 7.77. The van der Waals surface area contributed by atoms with Gasteiger partial charge in [-0.3, -0.25) is 15.0 Å². The van der Waals surface area contributed by atoms with Crippen molar-refractivity contribution >= 4 is 30.0 Å². The van der Waals surface area contributed by atoms with Gasteiger partial charge in [0.1, 0.15) is 0 Å². The third-order valence-electron chi connectivity index (χ3n) is 3.66. The monoisotopic (exact) mass is 305 g/mol. The van der Waals surface area contributed by atoms with E-state index in [0.717, 1.165) is 11.4 Å². The maximum Gasteiger partial charge on any atom is 0.0743 e. The summed E-state index contributed by atoms with van der Waals surface area (Å²) in [6.45, 7) is 8.81. The van der Waals surface area contributed by atoms with Crippen LogP contribution in [0.25, 0.3) is 0 Å². The predicted molar refractivity (Wildman–Crippen MR) is 101 cm³/mol. The van der Waals surface area contributed by atoms with Crippen molar-refractivity contribution in [2.75, 3.05) is 6.54 Å². The fraction of sp³-hybridized carbons (Fsp3) is 0.250. The average Bonchev–Trinajstić information content (AvgIpc) is 2.51. The lowest BCUT2D eigenvalue weighted by Gasteiger charge is -2.02. The van der Waals surface area contributed by atoms with Crippen LogP contribution in [-0.2, 0) is 0 Å². The van der Waals surface area contributed by atoms with Crippen LogP contribution in [0.5, 0.6) is 0 Å². The van der Waals surface area contributed by atoms with Gasteiger partial charge >= 0.3 is 0 Å². The van der Waals surface area contributed by atoms with Gasteiger partial charge in [0.05, 0.1) is 17.9 Å². The van der Waals surface area contributed by atoms with Gasteiger partial charge in [0, 0.05) is 18.6 Å².